The maximum absolute atomic E-state index is 6.52. The van der Waals surface area contributed by atoms with Crippen LogP contribution in [0.4, 0.5) is 5.69 Å². The van der Waals surface area contributed by atoms with Gasteiger partial charge in [0.1, 0.15) is 10.5 Å². The van der Waals surface area contributed by atoms with Crippen molar-refractivity contribution >= 4 is 16.2 Å². The van der Waals surface area contributed by atoms with E-state index in [1.54, 1.807) is 0 Å². The van der Waals surface area contributed by atoms with Crippen LogP contribution >= 0.6 is 0 Å². The van der Waals surface area contributed by atoms with Crippen LogP contribution in [0.25, 0.3) is 11.1 Å². The first-order chi connectivity index (χ1) is 10.8. The first-order valence-electron chi connectivity index (χ1n) is 8.28. The number of hydrogen-bond donors (Lipinski definition) is 1. The number of nitrogens with two attached hydrogens (primary N) is 1. The van der Waals surface area contributed by atoms with Gasteiger partial charge in [0.05, 0.1) is 6.61 Å². The predicted octanol–water partition coefficient (Wildman–Crippen LogP) is 3.84. The number of anilines is 1. The van der Waals surface area contributed by atoms with Crippen LogP contribution in [0, 0.1) is 19.3 Å². The third-order valence-corrected chi connectivity index (χ3v) is 5.53. The number of hydrogen-bond acceptors (Lipinski definition) is 2. The number of fused-ring (bicyclic) bond motifs is 3. The molecule has 2 aromatic carbocycles. The number of benzene rings is 2. The van der Waals surface area contributed by atoms with E-state index in [0.717, 1.165) is 16.2 Å². The summed E-state index contributed by atoms with van der Waals surface area (Å²) < 4.78 is 5.65. The van der Waals surface area contributed by atoms with Gasteiger partial charge in [-0.15, -0.1) is 0 Å². The summed E-state index contributed by atoms with van der Waals surface area (Å²) in [6.07, 6.45) is 0. The Morgan fingerprint density at radius 3 is 2.39 bits per heavy atom. The van der Waals surface area contributed by atoms with Gasteiger partial charge in [0, 0.05) is 17.2 Å². The SMILES string of the molecule is Cc1c(C)c2c(c(CO[SiH3])c1N)C(C(C)(C)C)c1ccccc1-2. The fourth-order valence-corrected chi connectivity index (χ4v) is 4.40. The Balaban J connectivity index is 2.45. The summed E-state index contributed by atoms with van der Waals surface area (Å²) in [6.45, 7) is 11.9. The van der Waals surface area contributed by atoms with E-state index in [9.17, 15) is 0 Å². The molecule has 0 heterocycles. The van der Waals surface area contributed by atoms with Crippen LogP contribution in [0.3, 0.4) is 0 Å². The lowest BCUT2D eigenvalue weighted by Gasteiger charge is -2.31. The summed E-state index contributed by atoms with van der Waals surface area (Å²) in [6, 6.07) is 8.83. The minimum atomic E-state index is 0.134. The van der Waals surface area contributed by atoms with Crippen LogP contribution in [0.5, 0.6) is 0 Å². The van der Waals surface area contributed by atoms with Crippen LogP contribution in [-0.2, 0) is 11.0 Å². The molecule has 23 heavy (non-hydrogen) atoms. The van der Waals surface area contributed by atoms with Gasteiger partial charge in [0.2, 0.25) is 0 Å². The van der Waals surface area contributed by atoms with Gasteiger partial charge in [-0.2, -0.15) is 0 Å². The zero-order valence-electron chi connectivity index (χ0n) is 15.1. The molecule has 0 saturated carbocycles. The standard InChI is InChI=1S/C20H27NOSi/c1-11-12(2)19(21)15(10-22-23)17-16(11)13-8-6-7-9-14(13)18(17)20(3,4)5/h6-9,18H,10,21H2,1-5,23H3. The first kappa shape index (κ1) is 16.3. The lowest BCUT2D eigenvalue weighted by atomic mass is 9.73. The number of nitrogen functional groups attached to an aromatic ring is 1. The highest BCUT2D eigenvalue weighted by atomic mass is 28.2. The molecule has 1 unspecified atom stereocenters. The van der Waals surface area contributed by atoms with Gasteiger partial charge in [0.15, 0.2) is 0 Å². The summed E-state index contributed by atoms with van der Waals surface area (Å²) in [5.41, 5.74) is 16.9. The van der Waals surface area contributed by atoms with Gasteiger partial charge in [-0.25, -0.2) is 0 Å². The molecule has 2 N–H and O–H groups in total. The molecule has 0 fully saturated rings. The largest absolute Gasteiger partial charge is 0.424 e. The lowest BCUT2D eigenvalue weighted by Crippen LogP contribution is -2.20. The van der Waals surface area contributed by atoms with Crippen LogP contribution in [0.15, 0.2) is 24.3 Å². The summed E-state index contributed by atoms with van der Waals surface area (Å²) in [7, 11) is 0.726. The quantitative estimate of drug-likeness (QED) is 0.672. The molecular formula is C20H27NOSi. The van der Waals surface area contributed by atoms with Crippen LogP contribution in [-0.4, -0.2) is 10.5 Å². The molecule has 0 aliphatic heterocycles. The monoisotopic (exact) mass is 325 g/mol. The molecule has 0 radical (unpaired) electrons. The zero-order chi connectivity index (χ0) is 16.9. The number of rotatable bonds is 2. The Hall–Kier alpha value is -1.58. The third kappa shape index (κ3) is 2.34. The smallest absolute Gasteiger partial charge is 0.146 e. The van der Waals surface area contributed by atoms with Gasteiger partial charge in [0.25, 0.3) is 0 Å². The van der Waals surface area contributed by atoms with Gasteiger partial charge in [-0.3, -0.25) is 0 Å². The van der Waals surface area contributed by atoms with Crippen LogP contribution in [0.1, 0.15) is 54.5 Å². The Morgan fingerprint density at radius 2 is 1.78 bits per heavy atom. The van der Waals surface area contributed by atoms with Crippen molar-refractivity contribution in [3.63, 3.8) is 0 Å². The molecule has 2 aromatic rings. The van der Waals surface area contributed by atoms with E-state index in [1.165, 1.54) is 38.9 Å². The van der Waals surface area contributed by atoms with Crippen molar-refractivity contribution in [3.05, 3.63) is 52.1 Å². The van der Waals surface area contributed by atoms with Crippen molar-refractivity contribution < 1.29 is 4.43 Å². The van der Waals surface area contributed by atoms with Gasteiger partial charge < -0.3 is 10.2 Å². The zero-order valence-corrected chi connectivity index (χ0v) is 17.1. The predicted molar refractivity (Wildman–Crippen MR) is 102 cm³/mol. The van der Waals surface area contributed by atoms with E-state index in [-0.39, 0.29) is 5.41 Å². The molecular weight excluding hydrogens is 298 g/mol. The molecule has 122 valence electrons. The van der Waals surface area contributed by atoms with Crippen molar-refractivity contribution in [1.29, 1.82) is 0 Å². The molecule has 0 amide bonds. The molecule has 1 aliphatic carbocycles. The highest BCUT2D eigenvalue weighted by Gasteiger charge is 2.40. The molecule has 0 aromatic heterocycles. The van der Waals surface area contributed by atoms with Gasteiger partial charge in [-0.1, -0.05) is 45.0 Å². The van der Waals surface area contributed by atoms with Crippen molar-refractivity contribution in [2.75, 3.05) is 5.73 Å². The Bertz CT molecular complexity index is 774. The average Bonchev–Trinajstić information content (AvgIpc) is 2.84. The molecule has 2 nitrogen and oxygen atoms in total. The van der Waals surface area contributed by atoms with E-state index < -0.39 is 0 Å². The molecule has 3 heteroatoms. The summed E-state index contributed by atoms with van der Waals surface area (Å²) >= 11 is 0. The molecule has 0 bridgehead atoms. The summed E-state index contributed by atoms with van der Waals surface area (Å²) in [5, 5.41) is 0. The summed E-state index contributed by atoms with van der Waals surface area (Å²) in [5.74, 6) is 0.363. The Morgan fingerprint density at radius 1 is 1.13 bits per heavy atom. The van der Waals surface area contributed by atoms with Crippen molar-refractivity contribution in [3.8, 4) is 11.1 Å². The van der Waals surface area contributed by atoms with E-state index >= 15 is 0 Å². The topological polar surface area (TPSA) is 35.2 Å². The highest BCUT2D eigenvalue weighted by Crippen LogP contribution is 2.56. The summed E-state index contributed by atoms with van der Waals surface area (Å²) in [4.78, 5) is 0. The second-order valence-corrected chi connectivity index (χ2v) is 8.33. The normalized spacial score (nSPS) is 16.5. The second-order valence-electron chi connectivity index (χ2n) is 7.75. The third-order valence-electron chi connectivity index (χ3n) is 5.25. The average molecular weight is 326 g/mol. The van der Waals surface area contributed by atoms with E-state index in [4.69, 9.17) is 10.2 Å². The fraction of sp³-hybridized carbons (Fsp3) is 0.400. The minimum absolute atomic E-state index is 0.134. The molecule has 0 saturated heterocycles. The second kappa shape index (κ2) is 5.50. The van der Waals surface area contributed by atoms with E-state index in [2.05, 4.69) is 58.9 Å². The van der Waals surface area contributed by atoms with Gasteiger partial charge >= 0.3 is 0 Å². The highest BCUT2D eigenvalue weighted by molar-refractivity contribution is 5.98. The molecule has 1 atom stereocenters. The lowest BCUT2D eigenvalue weighted by molar-refractivity contribution is 0.327. The fourth-order valence-electron chi connectivity index (χ4n) is 4.11. The minimum Gasteiger partial charge on any atom is -0.424 e. The van der Waals surface area contributed by atoms with Crippen molar-refractivity contribution in [2.24, 2.45) is 5.41 Å². The van der Waals surface area contributed by atoms with Crippen LogP contribution in [0.2, 0.25) is 0 Å². The van der Waals surface area contributed by atoms with Crippen LogP contribution < -0.4 is 5.73 Å². The first-order valence-corrected chi connectivity index (χ1v) is 9.10. The molecule has 3 rings (SSSR count). The van der Waals surface area contributed by atoms with E-state index in [1.807, 2.05) is 0 Å². The van der Waals surface area contributed by atoms with E-state index in [0.29, 0.717) is 12.5 Å². The van der Waals surface area contributed by atoms with Crippen molar-refractivity contribution in [1.82, 2.24) is 0 Å². The molecule has 1 aliphatic rings. The Labute approximate surface area is 142 Å². The maximum atomic E-state index is 6.52. The molecule has 0 spiro atoms. The van der Waals surface area contributed by atoms with Gasteiger partial charge in [-0.05, 0) is 52.6 Å². The van der Waals surface area contributed by atoms with Crippen molar-refractivity contribution in [2.45, 2.75) is 47.1 Å². The maximum Gasteiger partial charge on any atom is 0.146 e. The Kier molecular flexibility index (Phi) is 3.89.